The molecule has 6 nitrogen and oxygen atoms in total. The van der Waals surface area contributed by atoms with Crippen molar-refractivity contribution >= 4 is 10.0 Å². The highest BCUT2D eigenvalue weighted by molar-refractivity contribution is 7.89. The number of nitrogens with zero attached hydrogens (tertiary/aromatic N) is 1. The van der Waals surface area contributed by atoms with Crippen molar-refractivity contribution < 1.29 is 13.2 Å². The summed E-state index contributed by atoms with van der Waals surface area (Å²) < 4.78 is 34.8. The highest BCUT2D eigenvalue weighted by Gasteiger charge is 2.28. The Labute approximate surface area is 125 Å². The maximum atomic E-state index is 12.3. The maximum Gasteiger partial charge on any atom is 0.242 e. The molecule has 118 valence electrons. The molecule has 1 atom stereocenters. The molecule has 1 unspecified atom stereocenters. The van der Waals surface area contributed by atoms with Crippen LogP contribution in [-0.4, -0.2) is 32.2 Å². The van der Waals surface area contributed by atoms with Gasteiger partial charge in [-0.05, 0) is 38.2 Å². The number of aromatic nitrogens is 1. The highest BCUT2D eigenvalue weighted by Crippen LogP contribution is 2.37. The minimum Gasteiger partial charge on any atom is -0.378 e. The Balaban J connectivity index is 1.63. The number of rotatable bonds is 7. The van der Waals surface area contributed by atoms with Gasteiger partial charge >= 0.3 is 0 Å². The van der Waals surface area contributed by atoms with Crippen LogP contribution >= 0.6 is 0 Å². The van der Waals surface area contributed by atoms with Crippen LogP contribution in [0.4, 0.5) is 0 Å². The Kier molecular flexibility index (Phi) is 4.35. The number of nitrogens with one attached hydrogen (secondary N) is 1. The second-order valence-electron chi connectivity index (χ2n) is 5.83. The van der Waals surface area contributed by atoms with E-state index in [1.54, 1.807) is 12.3 Å². The van der Waals surface area contributed by atoms with E-state index in [1.807, 2.05) is 4.57 Å². The highest BCUT2D eigenvalue weighted by atomic mass is 32.2. The van der Waals surface area contributed by atoms with Crippen molar-refractivity contribution in [3.8, 4) is 0 Å². The third-order valence-electron chi connectivity index (χ3n) is 4.15. The van der Waals surface area contributed by atoms with Gasteiger partial charge < -0.3 is 15.0 Å². The third-order valence-corrected chi connectivity index (χ3v) is 5.58. The van der Waals surface area contributed by atoms with E-state index in [1.165, 1.54) is 0 Å². The van der Waals surface area contributed by atoms with E-state index in [9.17, 15) is 8.42 Å². The summed E-state index contributed by atoms with van der Waals surface area (Å²) in [7, 11) is -3.45. The second-order valence-corrected chi connectivity index (χ2v) is 7.60. The van der Waals surface area contributed by atoms with E-state index in [-0.39, 0.29) is 6.10 Å². The van der Waals surface area contributed by atoms with E-state index in [0.29, 0.717) is 24.0 Å². The molecule has 1 aliphatic carbocycles. The fourth-order valence-electron chi connectivity index (χ4n) is 2.81. The molecule has 3 N–H and O–H groups in total. The lowest BCUT2D eigenvalue weighted by molar-refractivity contribution is 0.105. The summed E-state index contributed by atoms with van der Waals surface area (Å²) in [6.07, 6.45) is 6.95. The zero-order chi connectivity index (χ0) is 14.9. The Morgan fingerprint density at radius 1 is 1.38 bits per heavy atom. The Morgan fingerprint density at radius 3 is 2.81 bits per heavy atom. The summed E-state index contributed by atoms with van der Waals surface area (Å²) in [4.78, 5) is 0.321. The lowest BCUT2D eigenvalue weighted by Crippen LogP contribution is -2.27. The first-order valence-corrected chi connectivity index (χ1v) is 9.10. The van der Waals surface area contributed by atoms with Crippen LogP contribution in [0.2, 0.25) is 0 Å². The zero-order valence-electron chi connectivity index (χ0n) is 12.1. The third kappa shape index (κ3) is 3.48. The van der Waals surface area contributed by atoms with Crippen molar-refractivity contribution in [3.05, 3.63) is 18.0 Å². The molecule has 1 aromatic heterocycles. The fraction of sp³-hybridized carbons (Fsp3) is 0.714. The van der Waals surface area contributed by atoms with Crippen molar-refractivity contribution in [3.63, 3.8) is 0 Å². The quantitative estimate of drug-likeness (QED) is 0.790. The number of ether oxygens (including phenoxy) is 1. The van der Waals surface area contributed by atoms with Crippen molar-refractivity contribution in [1.82, 2.24) is 9.29 Å². The van der Waals surface area contributed by atoms with Gasteiger partial charge in [-0.3, -0.25) is 0 Å². The number of sulfonamides is 1. The van der Waals surface area contributed by atoms with Crippen LogP contribution in [0, 0.1) is 0 Å². The van der Waals surface area contributed by atoms with Gasteiger partial charge in [-0.25, -0.2) is 13.1 Å². The second kappa shape index (κ2) is 6.08. The molecule has 7 heteroatoms. The first kappa shape index (κ1) is 15.0. The summed E-state index contributed by atoms with van der Waals surface area (Å²) in [5.74, 6) is 0. The van der Waals surface area contributed by atoms with Crippen LogP contribution in [0.25, 0.3) is 0 Å². The molecule has 0 amide bonds. The van der Waals surface area contributed by atoms with Crippen LogP contribution in [0.15, 0.2) is 17.2 Å². The zero-order valence-corrected chi connectivity index (χ0v) is 12.9. The summed E-state index contributed by atoms with van der Waals surface area (Å²) in [6.45, 7) is 1.57. The first-order valence-electron chi connectivity index (χ1n) is 7.62. The maximum absolute atomic E-state index is 12.3. The van der Waals surface area contributed by atoms with Gasteiger partial charge in [0.15, 0.2) is 0 Å². The Morgan fingerprint density at radius 2 is 2.19 bits per heavy atom. The molecule has 1 aliphatic heterocycles. The molecule has 0 radical (unpaired) electrons. The van der Waals surface area contributed by atoms with Gasteiger partial charge in [-0.2, -0.15) is 0 Å². The number of hydrogen-bond acceptors (Lipinski definition) is 4. The van der Waals surface area contributed by atoms with Crippen LogP contribution in [0.1, 0.15) is 43.8 Å². The van der Waals surface area contributed by atoms with Crippen molar-refractivity contribution in [2.45, 2.75) is 55.7 Å². The van der Waals surface area contributed by atoms with Gasteiger partial charge in [0.2, 0.25) is 10.0 Å². The molecular weight excluding hydrogens is 290 g/mol. The average molecular weight is 313 g/mol. The monoisotopic (exact) mass is 313 g/mol. The standard InChI is InChI=1S/C14H23N3O3S/c15-9-12-8-14(10-17(12)11-3-4-11)21(18,19)16-6-5-13-2-1-7-20-13/h8,10-11,13,16H,1-7,9,15H2. The van der Waals surface area contributed by atoms with Gasteiger partial charge in [-0.1, -0.05) is 0 Å². The average Bonchev–Trinajstić information content (AvgIpc) is 3.00. The molecule has 1 saturated carbocycles. The SMILES string of the molecule is NCc1cc(S(=O)(=O)NCCC2CCCO2)cn1C1CC1. The summed E-state index contributed by atoms with van der Waals surface area (Å²) >= 11 is 0. The van der Waals surface area contributed by atoms with Gasteiger partial charge in [-0.15, -0.1) is 0 Å². The normalized spacial score (nSPS) is 22.8. The molecule has 2 aliphatic rings. The van der Waals surface area contributed by atoms with Gasteiger partial charge in [0.1, 0.15) is 0 Å². The Hall–Kier alpha value is -0.890. The van der Waals surface area contributed by atoms with Crippen LogP contribution in [-0.2, 0) is 21.3 Å². The molecule has 3 rings (SSSR count). The fourth-order valence-corrected chi connectivity index (χ4v) is 3.91. The largest absolute Gasteiger partial charge is 0.378 e. The van der Waals surface area contributed by atoms with Gasteiger partial charge in [0.05, 0.1) is 11.0 Å². The number of hydrogen-bond donors (Lipinski definition) is 2. The van der Waals surface area contributed by atoms with Crippen molar-refractivity contribution in [2.75, 3.05) is 13.2 Å². The molecule has 1 aromatic rings. The summed E-state index contributed by atoms with van der Waals surface area (Å²) in [5.41, 5.74) is 6.59. The van der Waals surface area contributed by atoms with Crippen LogP contribution < -0.4 is 10.5 Å². The van der Waals surface area contributed by atoms with E-state index in [0.717, 1.165) is 44.4 Å². The molecule has 2 fully saturated rings. The van der Waals surface area contributed by atoms with Crippen molar-refractivity contribution in [2.24, 2.45) is 5.73 Å². The van der Waals surface area contributed by atoms with Crippen LogP contribution in [0.5, 0.6) is 0 Å². The lowest BCUT2D eigenvalue weighted by Gasteiger charge is -2.09. The molecule has 2 heterocycles. The van der Waals surface area contributed by atoms with E-state index >= 15 is 0 Å². The first-order chi connectivity index (χ1) is 10.1. The molecule has 1 saturated heterocycles. The Bertz CT molecular complexity index is 587. The van der Waals surface area contributed by atoms with Gasteiger partial charge in [0.25, 0.3) is 0 Å². The molecule has 0 bridgehead atoms. The molecule has 21 heavy (non-hydrogen) atoms. The van der Waals surface area contributed by atoms with Crippen LogP contribution in [0.3, 0.4) is 0 Å². The van der Waals surface area contributed by atoms with E-state index in [4.69, 9.17) is 10.5 Å². The smallest absolute Gasteiger partial charge is 0.242 e. The lowest BCUT2D eigenvalue weighted by atomic mass is 10.2. The molecule has 0 spiro atoms. The summed E-state index contributed by atoms with van der Waals surface area (Å²) in [5, 5.41) is 0. The van der Waals surface area contributed by atoms with Crippen molar-refractivity contribution in [1.29, 1.82) is 0 Å². The molecular formula is C14H23N3O3S. The minimum atomic E-state index is -3.45. The van der Waals surface area contributed by atoms with E-state index < -0.39 is 10.0 Å². The van der Waals surface area contributed by atoms with E-state index in [2.05, 4.69) is 4.72 Å². The minimum absolute atomic E-state index is 0.198. The topological polar surface area (TPSA) is 86.3 Å². The predicted octanol–water partition coefficient (Wildman–Crippen LogP) is 1.13. The summed E-state index contributed by atoms with van der Waals surface area (Å²) in [6, 6.07) is 2.12. The molecule has 0 aromatic carbocycles. The predicted molar refractivity (Wildman–Crippen MR) is 79.4 cm³/mol. The van der Waals surface area contributed by atoms with Gasteiger partial charge in [0, 0.05) is 37.6 Å². The number of nitrogens with two attached hydrogens (primary N) is 1.